The van der Waals surface area contributed by atoms with Crippen molar-refractivity contribution in [2.45, 2.75) is 59.0 Å². The van der Waals surface area contributed by atoms with Crippen LogP contribution in [0.25, 0.3) is 0 Å². The maximum Gasteiger partial charge on any atom is 0.0800 e. The summed E-state index contributed by atoms with van der Waals surface area (Å²) < 4.78 is 7.84. The molecule has 0 aromatic rings. The second-order valence-electron chi connectivity index (χ2n) is 4.74. The largest absolute Gasteiger partial charge is 0.386 e. The summed E-state index contributed by atoms with van der Waals surface area (Å²) in [5.74, 6) is 0. The highest BCUT2D eigenvalue weighted by Crippen LogP contribution is 2.15. The highest BCUT2D eigenvalue weighted by molar-refractivity contribution is 5.03. The Hall–Kier alpha value is -0.820. The quantitative estimate of drug-likeness (QED) is 0.634. The predicted octanol–water partition coefficient (Wildman–Crippen LogP) is 4.40. The van der Waals surface area contributed by atoms with Crippen LogP contribution >= 0.6 is 0 Å². The Morgan fingerprint density at radius 1 is 1.31 bits per heavy atom. The van der Waals surface area contributed by atoms with Crippen molar-refractivity contribution in [3.05, 3.63) is 36.0 Å². The van der Waals surface area contributed by atoms with Gasteiger partial charge in [-0.1, -0.05) is 29.4 Å². The van der Waals surface area contributed by atoms with Crippen molar-refractivity contribution in [1.29, 1.82) is 0 Å². The van der Waals surface area contributed by atoms with Gasteiger partial charge >= 0.3 is 0 Å². The van der Waals surface area contributed by atoms with Gasteiger partial charge in [-0.25, -0.2) is 0 Å². The van der Waals surface area contributed by atoms with E-state index in [1.807, 2.05) is 0 Å². The molecule has 0 rings (SSSR count). The lowest BCUT2D eigenvalue weighted by atomic mass is 9.99. The Bertz CT molecular complexity index is 296. The number of aliphatic hydroxyl groups is 1. The molecule has 0 saturated heterocycles. The zero-order valence-corrected chi connectivity index (χ0v) is 11.1. The van der Waals surface area contributed by atoms with Gasteiger partial charge in [0.05, 0.1) is 5.60 Å². The molecule has 0 fully saturated rings. The van der Waals surface area contributed by atoms with Crippen LogP contribution in [0.5, 0.6) is 0 Å². The van der Waals surface area contributed by atoms with Gasteiger partial charge in [-0.2, -0.15) is 0 Å². The molecule has 0 aliphatic rings. The highest BCUT2D eigenvalue weighted by atomic mass is 16.3. The Balaban J connectivity index is 4.15. The average molecular weight is 223 g/mol. The molecule has 0 unspecified atom stereocenters. The van der Waals surface area contributed by atoms with Crippen LogP contribution in [0.15, 0.2) is 36.0 Å². The van der Waals surface area contributed by atoms with E-state index in [4.69, 9.17) is 1.37 Å². The molecule has 92 valence electrons. The third kappa shape index (κ3) is 8.49. The lowest BCUT2D eigenvalue weighted by molar-refractivity contribution is 0.103. The van der Waals surface area contributed by atoms with Crippen molar-refractivity contribution >= 4 is 0 Å². The molecule has 16 heavy (non-hydrogen) atoms. The number of rotatable bonds is 7. The standard InChI is InChI=1S/C15H26O/c1-6-15(5,16)12-8-11-14(4)10-7-9-13(2)3/h6,9,11,16H,1,7-8,10,12H2,2-5H3/b14-11+/t15-/m1/s1/i12D/t12-,15+/m0. The van der Waals surface area contributed by atoms with E-state index < -0.39 is 12.0 Å². The van der Waals surface area contributed by atoms with Crippen LogP contribution in [0.4, 0.5) is 0 Å². The molecule has 1 nitrogen and oxygen atoms in total. The summed E-state index contributed by atoms with van der Waals surface area (Å²) in [4.78, 5) is 0. The van der Waals surface area contributed by atoms with Crippen LogP contribution in [0, 0.1) is 0 Å². The van der Waals surface area contributed by atoms with Gasteiger partial charge in [0.25, 0.3) is 0 Å². The molecule has 0 amide bonds. The predicted molar refractivity (Wildman–Crippen MR) is 72.5 cm³/mol. The molecule has 2 atom stereocenters. The number of allylic oxidation sites excluding steroid dienone is 4. The Labute approximate surface area is 102 Å². The molecular weight excluding hydrogens is 196 g/mol. The molecule has 0 aromatic heterocycles. The van der Waals surface area contributed by atoms with Crippen LogP contribution in [0.2, 0.25) is 0 Å². The van der Waals surface area contributed by atoms with Crippen LogP contribution in [-0.2, 0) is 0 Å². The fourth-order valence-corrected chi connectivity index (χ4v) is 1.27. The lowest BCUT2D eigenvalue weighted by Gasteiger charge is -2.16. The molecule has 0 bridgehead atoms. The highest BCUT2D eigenvalue weighted by Gasteiger charge is 2.12. The average Bonchev–Trinajstić information content (AvgIpc) is 2.25. The van der Waals surface area contributed by atoms with E-state index in [0.29, 0.717) is 6.42 Å². The van der Waals surface area contributed by atoms with Crippen molar-refractivity contribution in [2.24, 2.45) is 0 Å². The third-order valence-electron chi connectivity index (χ3n) is 2.50. The number of hydrogen-bond donors (Lipinski definition) is 1. The van der Waals surface area contributed by atoms with E-state index in [-0.39, 0.29) is 0 Å². The Morgan fingerprint density at radius 3 is 2.44 bits per heavy atom. The van der Waals surface area contributed by atoms with Crippen LogP contribution < -0.4 is 0 Å². The topological polar surface area (TPSA) is 20.2 Å². The van der Waals surface area contributed by atoms with Gasteiger partial charge in [-0.3, -0.25) is 0 Å². The normalized spacial score (nSPS) is 18.3. The molecule has 0 aliphatic carbocycles. The minimum atomic E-state index is -1.10. The monoisotopic (exact) mass is 223 g/mol. The third-order valence-corrected chi connectivity index (χ3v) is 2.50. The van der Waals surface area contributed by atoms with Gasteiger partial charge in [0, 0.05) is 1.37 Å². The van der Waals surface area contributed by atoms with E-state index in [0.717, 1.165) is 12.8 Å². The summed E-state index contributed by atoms with van der Waals surface area (Å²) in [5.41, 5.74) is 1.52. The van der Waals surface area contributed by atoms with Gasteiger partial charge in [-0.05, 0) is 53.4 Å². The first-order chi connectivity index (χ1) is 7.79. The van der Waals surface area contributed by atoms with Gasteiger partial charge in [0.1, 0.15) is 0 Å². The van der Waals surface area contributed by atoms with E-state index in [2.05, 4.69) is 39.5 Å². The van der Waals surface area contributed by atoms with E-state index in [1.165, 1.54) is 17.2 Å². The second-order valence-corrected chi connectivity index (χ2v) is 4.74. The molecule has 0 aliphatic heterocycles. The smallest absolute Gasteiger partial charge is 0.0800 e. The first-order valence-corrected chi connectivity index (χ1v) is 5.86. The summed E-state index contributed by atoms with van der Waals surface area (Å²) in [7, 11) is 0. The van der Waals surface area contributed by atoms with Crippen LogP contribution in [-0.4, -0.2) is 10.7 Å². The summed E-state index contributed by atoms with van der Waals surface area (Å²) in [6.45, 7) is 11.5. The van der Waals surface area contributed by atoms with Crippen LogP contribution in [0.1, 0.15) is 54.7 Å². The second kappa shape index (κ2) is 7.45. The van der Waals surface area contributed by atoms with Crippen molar-refractivity contribution < 1.29 is 6.48 Å². The van der Waals surface area contributed by atoms with E-state index in [9.17, 15) is 5.11 Å². The number of hydrogen-bond acceptors (Lipinski definition) is 1. The molecule has 1 N–H and O–H groups in total. The van der Waals surface area contributed by atoms with Gasteiger partial charge in [-0.15, -0.1) is 6.58 Å². The summed E-state index contributed by atoms with van der Waals surface area (Å²) in [6, 6.07) is 0. The molecular formula is C15H26O. The fraction of sp³-hybridized carbons (Fsp3) is 0.600. The molecule has 0 heterocycles. The summed E-state index contributed by atoms with van der Waals surface area (Å²) in [6.07, 6.45) is 7.80. The zero-order valence-electron chi connectivity index (χ0n) is 12.1. The minimum Gasteiger partial charge on any atom is -0.386 e. The molecule has 0 saturated carbocycles. The Morgan fingerprint density at radius 2 is 1.94 bits per heavy atom. The maximum absolute atomic E-state index is 9.81. The fourth-order valence-electron chi connectivity index (χ4n) is 1.27. The van der Waals surface area contributed by atoms with Crippen molar-refractivity contribution in [1.82, 2.24) is 0 Å². The lowest BCUT2D eigenvalue weighted by Crippen LogP contribution is -2.19. The zero-order chi connectivity index (χ0) is 13.5. The SMILES string of the molecule is [2H][C@@H](C/C=C(\C)CCC=C(C)C)[C@](C)(O)C=C. The van der Waals surface area contributed by atoms with Crippen molar-refractivity contribution in [2.75, 3.05) is 0 Å². The van der Waals surface area contributed by atoms with Gasteiger partial charge in [0.2, 0.25) is 0 Å². The molecule has 1 heteroatoms. The van der Waals surface area contributed by atoms with Gasteiger partial charge in [0.15, 0.2) is 0 Å². The van der Waals surface area contributed by atoms with Crippen LogP contribution in [0.3, 0.4) is 0 Å². The summed E-state index contributed by atoms with van der Waals surface area (Å²) in [5, 5.41) is 9.81. The van der Waals surface area contributed by atoms with Crippen molar-refractivity contribution in [3.8, 4) is 0 Å². The van der Waals surface area contributed by atoms with Gasteiger partial charge < -0.3 is 5.11 Å². The molecule has 0 radical (unpaired) electrons. The first-order valence-electron chi connectivity index (χ1n) is 6.44. The van der Waals surface area contributed by atoms with E-state index in [1.54, 1.807) is 6.92 Å². The van der Waals surface area contributed by atoms with Crippen molar-refractivity contribution in [3.63, 3.8) is 0 Å². The maximum atomic E-state index is 9.81. The molecule has 0 spiro atoms. The summed E-state index contributed by atoms with van der Waals surface area (Å²) >= 11 is 0. The Kier molecular flexibility index (Phi) is 6.17. The van der Waals surface area contributed by atoms with E-state index >= 15 is 0 Å². The molecule has 0 aromatic carbocycles. The first kappa shape index (κ1) is 13.2. The minimum absolute atomic E-state index is 0.543.